The number of alkyl halides is 3. The Morgan fingerprint density at radius 2 is 1.55 bits per heavy atom. The maximum Gasteiger partial charge on any atom is 0.416 e. The van der Waals surface area contributed by atoms with Crippen molar-refractivity contribution in [1.29, 1.82) is 0 Å². The quantitative estimate of drug-likeness (QED) is 0.362. The van der Waals surface area contributed by atoms with Gasteiger partial charge in [0.15, 0.2) is 0 Å². The predicted octanol–water partition coefficient (Wildman–Crippen LogP) is 6.25. The van der Waals surface area contributed by atoms with Gasteiger partial charge in [-0.25, -0.2) is 4.90 Å². The summed E-state index contributed by atoms with van der Waals surface area (Å²) in [6, 6.07) is 14.4. The number of hydrogen-bond acceptors (Lipinski definition) is 4. The summed E-state index contributed by atoms with van der Waals surface area (Å²) >= 11 is 6.09. The van der Waals surface area contributed by atoms with Crippen LogP contribution in [0.15, 0.2) is 71.4 Å². The normalized spacial score (nSPS) is 13.8. The minimum atomic E-state index is -4.64. The number of hydrogen-bond donors (Lipinski definition) is 2. The van der Waals surface area contributed by atoms with E-state index < -0.39 is 28.6 Å². The largest absolute Gasteiger partial charge is 0.416 e. The fourth-order valence-electron chi connectivity index (χ4n) is 4.26. The molecule has 38 heavy (non-hydrogen) atoms. The van der Waals surface area contributed by atoms with Crippen LogP contribution in [0.4, 0.5) is 30.2 Å². The smallest absolute Gasteiger partial charge is 0.350 e. The molecule has 1 aliphatic rings. The highest BCUT2D eigenvalue weighted by Crippen LogP contribution is 2.35. The van der Waals surface area contributed by atoms with E-state index in [1.807, 2.05) is 32.9 Å². The topological polar surface area (TPSA) is 78.5 Å². The van der Waals surface area contributed by atoms with Gasteiger partial charge in [0.2, 0.25) is 5.91 Å². The first-order valence-electron chi connectivity index (χ1n) is 11.5. The Bertz CT molecular complexity index is 1460. The lowest BCUT2D eigenvalue weighted by atomic mass is 10.0. The molecule has 0 aliphatic carbocycles. The molecule has 0 unspecified atom stereocenters. The van der Waals surface area contributed by atoms with Gasteiger partial charge in [-0.3, -0.25) is 14.4 Å². The number of halogens is 4. The Hall–Kier alpha value is -4.11. The second kappa shape index (κ2) is 10.3. The summed E-state index contributed by atoms with van der Waals surface area (Å²) in [7, 11) is 0. The van der Waals surface area contributed by atoms with Crippen molar-refractivity contribution < 1.29 is 27.6 Å². The zero-order valence-corrected chi connectivity index (χ0v) is 21.4. The number of aryl methyl sites for hydroxylation is 3. The van der Waals surface area contributed by atoms with Crippen molar-refractivity contribution in [2.75, 3.05) is 15.5 Å². The maximum atomic E-state index is 13.1. The zero-order chi connectivity index (χ0) is 27.8. The second-order valence-corrected chi connectivity index (χ2v) is 9.38. The molecule has 0 aromatic heterocycles. The van der Waals surface area contributed by atoms with E-state index in [4.69, 9.17) is 11.6 Å². The van der Waals surface area contributed by atoms with Crippen molar-refractivity contribution in [1.82, 2.24) is 0 Å². The number of nitrogens with one attached hydrogen (secondary N) is 2. The molecule has 196 valence electrons. The Morgan fingerprint density at radius 3 is 2.16 bits per heavy atom. The Labute approximate surface area is 222 Å². The van der Waals surface area contributed by atoms with E-state index in [9.17, 15) is 27.6 Å². The van der Waals surface area contributed by atoms with E-state index in [1.54, 1.807) is 24.3 Å². The first-order chi connectivity index (χ1) is 17.8. The van der Waals surface area contributed by atoms with Crippen molar-refractivity contribution in [3.63, 3.8) is 0 Å². The van der Waals surface area contributed by atoms with Gasteiger partial charge in [-0.05, 0) is 67.8 Å². The minimum absolute atomic E-state index is 0.108. The van der Waals surface area contributed by atoms with Crippen LogP contribution in [0.5, 0.6) is 0 Å². The van der Waals surface area contributed by atoms with Crippen LogP contribution in [-0.4, -0.2) is 17.7 Å². The van der Waals surface area contributed by atoms with E-state index in [0.29, 0.717) is 22.2 Å². The molecule has 4 rings (SSSR count). The number of rotatable bonds is 6. The number of anilines is 3. The Kier molecular flexibility index (Phi) is 7.33. The van der Waals surface area contributed by atoms with Gasteiger partial charge >= 0.3 is 6.18 Å². The second-order valence-electron chi connectivity index (χ2n) is 9.00. The molecule has 0 bridgehead atoms. The van der Waals surface area contributed by atoms with Crippen molar-refractivity contribution in [2.45, 2.75) is 33.4 Å². The third kappa shape index (κ3) is 5.57. The maximum absolute atomic E-state index is 13.1. The Balaban J connectivity index is 1.45. The highest BCUT2D eigenvalue weighted by atomic mass is 35.5. The van der Waals surface area contributed by atoms with Crippen molar-refractivity contribution in [2.24, 2.45) is 0 Å². The lowest BCUT2D eigenvalue weighted by Gasteiger charge is -2.17. The fraction of sp³-hybridized carbons (Fsp3) is 0.179. The van der Waals surface area contributed by atoms with Gasteiger partial charge in [0.05, 0.1) is 17.7 Å². The molecule has 0 saturated heterocycles. The molecular formula is C28H23ClF3N3O3. The SMILES string of the molecule is Cc1cc(C)c(NC(=O)Cc2ccc(NC3=C(Cl)C(=O)N(c4cccc(C(F)(F)F)c4)C3=O)cc2)c(C)c1. The molecule has 6 nitrogen and oxygen atoms in total. The van der Waals surface area contributed by atoms with Crippen LogP contribution >= 0.6 is 11.6 Å². The summed E-state index contributed by atoms with van der Waals surface area (Å²) in [5.74, 6) is -2.01. The molecule has 1 heterocycles. The molecule has 3 aromatic rings. The van der Waals surface area contributed by atoms with Crippen LogP contribution in [0.3, 0.4) is 0 Å². The minimum Gasteiger partial charge on any atom is -0.350 e. The number of carbonyl (C=O) groups excluding carboxylic acids is 3. The lowest BCUT2D eigenvalue weighted by molar-refractivity contribution is -0.137. The first-order valence-corrected chi connectivity index (χ1v) is 11.9. The molecule has 1 aliphatic heterocycles. The van der Waals surface area contributed by atoms with E-state index in [1.165, 1.54) is 6.07 Å². The average molecular weight is 542 g/mol. The summed E-state index contributed by atoms with van der Waals surface area (Å²) in [6.07, 6.45) is -4.53. The van der Waals surface area contributed by atoms with E-state index in [0.717, 1.165) is 34.5 Å². The lowest BCUT2D eigenvalue weighted by Crippen LogP contribution is -2.32. The number of imide groups is 1. The molecule has 10 heteroatoms. The van der Waals surface area contributed by atoms with E-state index in [-0.39, 0.29) is 23.7 Å². The van der Waals surface area contributed by atoms with Gasteiger partial charge in [0.25, 0.3) is 11.8 Å². The summed E-state index contributed by atoms with van der Waals surface area (Å²) in [5, 5.41) is 5.26. The van der Waals surface area contributed by atoms with Crippen molar-refractivity contribution in [3.05, 3.63) is 99.2 Å². The van der Waals surface area contributed by atoms with Gasteiger partial charge in [-0.1, -0.05) is 47.5 Å². The van der Waals surface area contributed by atoms with Gasteiger partial charge in [0, 0.05) is 11.4 Å². The molecule has 3 amide bonds. The summed E-state index contributed by atoms with van der Waals surface area (Å²) < 4.78 is 39.3. The van der Waals surface area contributed by atoms with E-state index in [2.05, 4.69) is 10.6 Å². The van der Waals surface area contributed by atoms with Crippen molar-refractivity contribution >= 4 is 46.4 Å². The molecule has 0 spiro atoms. The van der Waals surface area contributed by atoms with Crippen LogP contribution in [0, 0.1) is 20.8 Å². The molecule has 0 fully saturated rings. The zero-order valence-electron chi connectivity index (χ0n) is 20.7. The van der Waals surface area contributed by atoms with Gasteiger partial charge in [-0.15, -0.1) is 0 Å². The van der Waals surface area contributed by atoms with Gasteiger partial charge < -0.3 is 10.6 Å². The molecule has 0 atom stereocenters. The van der Waals surface area contributed by atoms with Crippen LogP contribution in [0.1, 0.15) is 27.8 Å². The molecular weight excluding hydrogens is 519 g/mol. The van der Waals surface area contributed by atoms with Gasteiger partial charge in [0.1, 0.15) is 10.7 Å². The fourth-order valence-corrected chi connectivity index (χ4v) is 4.48. The van der Waals surface area contributed by atoms with Crippen LogP contribution in [0.25, 0.3) is 0 Å². The first kappa shape index (κ1) is 26.9. The number of amides is 3. The summed E-state index contributed by atoms with van der Waals surface area (Å²) in [4.78, 5) is 38.7. The monoisotopic (exact) mass is 541 g/mol. The molecule has 0 saturated carbocycles. The van der Waals surface area contributed by atoms with Crippen LogP contribution in [-0.2, 0) is 27.0 Å². The summed E-state index contributed by atoms with van der Waals surface area (Å²) in [5.41, 5.74) is 3.42. The van der Waals surface area contributed by atoms with E-state index >= 15 is 0 Å². The number of benzene rings is 3. The van der Waals surface area contributed by atoms with Crippen molar-refractivity contribution in [3.8, 4) is 0 Å². The number of carbonyl (C=O) groups is 3. The third-order valence-corrected chi connectivity index (χ3v) is 6.34. The standard InChI is InChI=1S/C28H23ClF3N3O3/c1-15-11-16(2)24(17(3)12-15)34-22(36)13-18-7-9-20(10-8-18)33-25-23(29)26(37)35(27(25)38)21-6-4-5-19(14-21)28(30,31)32/h4-12,14,33H,13H2,1-3H3,(H,34,36). The summed E-state index contributed by atoms with van der Waals surface area (Å²) in [6.45, 7) is 5.85. The highest BCUT2D eigenvalue weighted by Gasteiger charge is 2.40. The van der Waals surface area contributed by atoms with Crippen LogP contribution < -0.4 is 15.5 Å². The molecule has 2 N–H and O–H groups in total. The predicted molar refractivity (Wildman–Crippen MR) is 140 cm³/mol. The highest BCUT2D eigenvalue weighted by molar-refractivity contribution is 6.53. The third-order valence-electron chi connectivity index (χ3n) is 5.99. The molecule has 3 aromatic carbocycles. The Morgan fingerprint density at radius 1 is 0.921 bits per heavy atom. The van der Waals surface area contributed by atoms with Gasteiger partial charge in [-0.2, -0.15) is 13.2 Å². The molecule has 0 radical (unpaired) electrons. The number of nitrogens with zero attached hydrogens (tertiary/aromatic N) is 1. The van der Waals surface area contributed by atoms with Crippen LogP contribution in [0.2, 0.25) is 0 Å². The average Bonchev–Trinajstić information content (AvgIpc) is 3.05.